The molecule has 0 aliphatic carbocycles. The standard InChI is InChI=1S/C19H11N3O3S/c20-9-11-5-1-2-6-12(11)10-22-18(24)16(26-19(22)25)15-13-7-3-4-8-14(13)21-17(15)23/h1-8,24H,10H2. The summed E-state index contributed by atoms with van der Waals surface area (Å²) in [6.07, 6.45) is 0. The van der Waals surface area contributed by atoms with Crippen molar-refractivity contribution in [2.24, 2.45) is 4.99 Å². The topological polar surface area (TPSA) is 95.4 Å². The fraction of sp³-hybridized carbons (Fsp3) is 0.0526. The molecule has 6 nitrogen and oxygen atoms in total. The number of rotatable bonds is 3. The number of para-hydroxylation sites is 1. The molecule has 1 amide bonds. The van der Waals surface area contributed by atoms with E-state index in [-0.39, 0.29) is 22.9 Å². The lowest BCUT2D eigenvalue weighted by atomic mass is 10.1. The highest BCUT2D eigenvalue weighted by molar-refractivity contribution is 7.11. The van der Waals surface area contributed by atoms with Crippen molar-refractivity contribution in [2.75, 3.05) is 0 Å². The molecule has 2 aromatic carbocycles. The first kappa shape index (κ1) is 16.0. The van der Waals surface area contributed by atoms with E-state index >= 15 is 0 Å². The maximum Gasteiger partial charge on any atom is 0.310 e. The third-order valence-corrected chi connectivity index (χ3v) is 5.16. The molecule has 0 saturated carbocycles. The summed E-state index contributed by atoms with van der Waals surface area (Å²) >= 11 is 0.795. The number of carbonyl (C=O) groups excluding carboxylic acids is 1. The molecule has 7 heteroatoms. The van der Waals surface area contributed by atoms with Gasteiger partial charge >= 0.3 is 4.87 Å². The third-order valence-electron chi connectivity index (χ3n) is 4.17. The molecule has 26 heavy (non-hydrogen) atoms. The Bertz CT molecular complexity index is 1280. The van der Waals surface area contributed by atoms with E-state index in [9.17, 15) is 20.0 Å². The van der Waals surface area contributed by atoms with Crippen LogP contribution in [-0.4, -0.2) is 15.6 Å². The van der Waals surface area contributed by atoms with Gasteiger partial charge in [-0.2, -0.15) is 5.26 Å². The van der Waals surface area contributed by atoms with E-state index in [0.29, 0.717) is 21.7 Å². The number of nitrogens with zero attached hydrogens (tertiary/aromatic N) is 3. The van der Waals surface area contributed by atoms with Crippen LogP contribution in [0.1, 0.15) is 16.0 Å². The van der Waals surface area contributed by atoms with Gasteiger partial charge in [0.2, 0.25) is 5.88 Å². The Hall–Kier alpha value is -3.50. The minimum atomic E-state index is -0.479. The summed E-state index contributed by atoms with van der Waals surface area (Å²) in [5.74, 6) is -0.768. The molecule has 0 unspecified atom stereocenters. The molecule has 1 aromatic heterocycles. The number of fused-ring (bicyclic) bond motifs is 1. The number of thiazole rings is 1. The second kappa shape index (κ2) is 6.10. The van der Waals surface area contributed by atoms with Crippen LogP contribution in [0, 0.1) is 11.3 Å². The summed E-state index contributed by atoms with van der Waals surface area (Å²) in [6, 6.07) is 15.9. The Morgan fingerprint density at radius 3 is 2.65 bits per heavy atom. The van der Waals surface area contributed by atoms with Crippen molar-refractivity contribution in [2.45, 2.75) is 6.54 Å². The minimum Gasteiger partial charge on any atom is -0.493 e. The predicted octanol–water partition coefficient (Wildman–Crippen LogP) is 0.894. The van der Waals surface area contributed by atoms with Crippen LogP contribution in [0.25, 0.3) is 5.57 Å². The molecule has 1 N–H and O–H groups in total. The lowest BCUT2D eigenvalue weighted by Crippen LogP contribution is -2.22. The van der Waals surface area contributed by atoms with Crippen molar-refractivity contribution in [3.05, 3.63) is 84.8 Å². The van der Waals surface area contributed by atoms with Crippen molar-refractivity contribution in [3.8, 4) is 11.9 Å². The third kappa shape index (κ3) is 2.44. The predicted molar refractivity (Wildman–Crippen MR) is 95.2 cm³/mol. The van der Waals surface area contributed by atoms with Gasteiger partial charge in [0.25, 0.3) is 5.91 Å². The summed E-state index contributed by atoms with van der Waals surface area (Å²) < 4.78 is 1.16. The van der Waals surface area contributed by atoms with Crippen molar-refractivity contribution < 1.29 is 9.90 Å². The Balaban J connectivity index is 1.88. The first-order chi connectivity index (χ1) is 12.6. The molecule has 0 bridgehead atoms. The van der Waals surface area contributed by atoms with Crippen LogP contribution >= 0.6 is 11.3 Å². The van der Waals surface area contributed by atoms with Gasteiger partial charge in [-0.05, 0) is 17.7 Å². The zero-order chi connectivity index (χ0) is 18.3. The minimum absolute atomic E-state index is 0.0468. The highest BCUT2D eigenvalue weighted by atomic mass is 32.1. The molecular formula is C19H11N3O3S. The van der Waals surface area contributed by atoms with Gasteiger partial charge in [-0.1, -0.05) is 47.7 Å². The van der Waals surface area contributed by atoms with Crippen molar-refractivity contribution in [1.29, 1.82) is 5.26 Å². The van der Waals surface area contributed by atoms with Crippen LogP contribution in [0.2, 0.25) is 0 Å². The maximum atomic E-state index is 12.4. The number of hydrogen-bond acceptors (Lipinski definition) is 5. The molecule has 4 rings (SSSR count). The molecule has 2 heterocycles. The zero-order valence-electron chi connectivity index (χ0n) is 13.3. The van der Waals surface area contributed by atoms with Crippen molar-refractivity contribution >= 4 is 22.8 Å². The van der Waals surface area contributed by atoms with Gasteiger partial charge in [0, 0.05) is 5.22 Å². The molecule has 0 spiro atoms. The summed E-state index contributed by atoms with van der Waals surface area (Å²) in [4.78, 5) is 28.5. The van der Waals surface area contributed by atoms with Crippen LogP contribution in [0.5, 0.6) is 5.88 Å². The molecule has 3 aromatic rings. The summed E-state index contributed by atoms with van der Waals surface area (Å²) in [6.45, 7) is 0.0468. The number of carbonyl (C=O) groups is 1. The van der Waals surface area contributed by atoms with Gasteiger partial charge in [-0.3, -0.25) is 14.2 Å². The largest absolute Gasteiger partial charge is 0.493 e. The summed E-state index contributed by atoms with van der Waals surface area (Å²) in [5, 5.41) is 20.9. The fourth-order valence-corrected chi connectivity index (χ4v) is 3.86. The summed E-state index contributed by atoms with van der Waals surface area (Å²) in [7, 11) is 0. The molecule has 0 fully saturated rings. The van der Waals surface area contributed by atoms with Gasteiger partial charge in [0.05, 0.1) is 29.1 Å². The van der Waals surface area contributed by atoms with Crippen LogP contribution in [0.15, 0.2) is 58.3 Å². The first-order valence-electron chi connectivity index (χ1n) is 7.73. The van der Waals surface area contributed by atoms with Gasteiger partial charge < -0.3 is 5.11 Å². The normalized spacial score (nSPS) is 12.6. The molecule has 1 aliphatic rings. The molecule has 1 aliphatic heterocycles. The smallest absolute Gasteiger partial charge is 0.310 e. The van der Waals surface area contributed by atoms with Crippen LogP contribution in [0.4, 0.5) is 0 Å². The van der Waals surface area contributed by atoms with E-state index in [2.05, 4.69) is 11.1 Å². The van der Waals surface area contributed by atoms with E-state index in [0.717, 1.165) is 15.9 Å². The average molecular weight is 361 g/mol. The Morgan fingerprint density at radius 2 is 1.85 bits per heavy atom. The van der Waals surface area contributed by atoms with E-state index in [1.54, 1.807) is 48.5 Å². The maximum absolute atomic E-state index is 12.4. The Morgan fingerprint density at radius 1 is 1.12 bits per heavy atom. The number of hydrogen-bond donors (Lipinski definition) is 1. The van der Waals surface area contributed by atoms with Crippen molar-refractivity contribution in [3.63, 3.8) is 0 Å². The lowest BCUT2D eigenvalue weighted by molar-refractivity contribution is -0.112. The van der Waals surface area contributed by atoms with Crippen LogP contribution < -0.4 is 15.4 Å². The summed E-state index contributed by atoms with van der Waals surface area (Å²) in [5.41, 5.74) is 1.27. The second-order valence-electron chi connectivity index (χ2n) is 5.68. The first-order valence-corrected chi connectivity index (χ1v) is 8.55. The van der Waals surface area contributed by atoms with Gasteiger partial charge in [-0.15, -0.1) is 0 Å². The Kier molecular flexibility index (Phi) is 3.75. The van der Waals surface area contributed by atoms with Crippen LogP contribution in [0.3, 0.4) is 0 Å². The highest BCUT2D eigenvalue weighted by Crippen LogP contribution is 2.29. The Labute approximate surface area is 151 Å². The molecule has 0 saturated heterocycles. The number of amides is 1. The molecule has 126 valence electrons. The van der Waals surface area contributed by atoms with Gasteiger partial charge in [-0.25, -0.2) is 4.99 Å². The molecule has 0 radical (unpaired) electrons. The number of nitriles is 1. The zero-order valence-corrected chi connectivity index (χ0v) is 14.2. The van der Waals surface area contributed by atoms with Crippen LogP contribution in [-0.2, 0) is 11.3 Å². The SMILES string of the molecule is N#Cc1ccccc1Cn1c(O)c(C2=c3ccccc3=NC2=O)sc1=O. The monoisotopic (exact) mass is 361 g/mol. The fourth-order valence-electron chi connectivity index (χ4n) is 2.92. The van der Waals surface area contributed by atoms with E-state index in [4.69, 9.17) is 0 Å². The second-order valence-corrected chi connectivity index (χ2v) is 6.65. The van der Waals surface area contributed by atoms with E-state index in [1.165, 1.54) is 0 Å². The van der Waals surface area contributed by atoms with E-state index < -0.39 is 10.8 Å². The van der Waals surface area contributed by atoms with Gasteiger partial charge in [0.15, 0.2) is 0 Å². The molecular weight excluding hydrogens is 350 g/mol. The van der Waals surface area contributed by atoms with Gasteiger partial charge in [0.1, 0.15) is 4.88 Å². The van der Waals surface area contributed by atoms with Crippen molar-refractivity contribution in [1.82, 2.24) is 4.57 Å². The molecule has 0 atom stereocenters. The number of aromatic hydroxyl groups is 1. The average Bonchev–Trinajstić information content (AvgIpc) is 3.12. The highest BCUT2D eigenvalue weighted by Gasteiger charge is 2.26. The quantitative estimate of drug-likeness (QED) is 0.750. The van der Waals surface area contributed by atoms with E-state index in [1.807, 2.05) is 0 Å². The number of benzene rings is 2. The number of aromatic nitrogens is 1. The lowest BCUT2D eigenvalue weighted by Gasteiger charge is -2.06.